The normalized spacial score (nSPS) is 19.9. The fourth-order valence-corrected chi connectivity index (χ4v) is 2.49. The van der Waals surface area contributed by atoms with Gasteiger partial charge in [0.15, 0.2) is 0 Å². The Bertz CT molecular complexity index is 410. The molecular formula is C11H18N4O2S. The predicted molar refractivity (Wildman–Crippen MR) is 70.0 cm³/mol. The van der Waals surface area contributed by atoms with E-state index >= 15 is 0 Å². The summed E-state index contributed by atoms with van der Waals surface area (Å²) in [5.41, 5.74) is 0. The summed E-state index contributed by atoms with van der Waals surface area (Å²) in [4.78, 5) is 14.0. The van der Waals surface area contributed by atoms with E-state index in [2.05, 4.69) is 22.4 Å². The summed E-state index contributed by atoms with van der Waals surface area (Å²) in [6.07, 6.45) is 1.02. The van der Waals surface area contributed by atoms with Crippen LogP contribution < -0.4 is 5.32 Å². The van der Waals surface area contributed by atoms with Gasteiger partial charge in [0.05, 0.1) is 19.3 Å². The molecule has 1 fully saturated rings. The third-order valence-electron chi connectivity index (χ3n) is 2.76. The Hall–Kier alpha value is -1.21. The first kappa shape index (κ1) is 13.2. The maximum Gasteiger partial charge on any atom is 0.285 e. The third kappa shape index (κ3) is 2.97. The molecule has 1 unspecified atom stereocenters. The van der Waals surface area contributed by atoms with E-state index in [-0.39, 0.29) is 11.9 Å². The molecule has 100 valence electrons. The molecule has 7 heteroatoms. The molecule has 0 radical (unpaired) electrons. The Morgan fingerprint density at radius 3 is 3.17 bits per heavy atom. The van der Waals surface area contributed by atoms with Crippen molar-refractivity contribution in [1.29, 1.82) is 0 Å². The van der Waals surface area contributed by atoms with Crippen LogP contribution in [0.4, 0.5) is 5.13 Å². The van der Waals surface area contributed by atoms with Crippen LogP contribution >= 0.6 is 11.3 Å². The Balaban J connectivity index is 2.01. The average molecular weight is 270 g/mol. The lowest BCUT2D eigenvalue weighted by molar-refractivity contribution is 0.00353. The number of anilines is 1. The zero-order valence-electron chi connectivity index (χ0n) is 10.7. The molecule has 2 heterocycles. The molecule has 0 spiro atoms. The van der Waals surface area contributed by atoms with Crippen molar-refractivity contribution >= 4 is 22.4 Å². The van der Waals surface area contributed by atoms with E-state index in [9.17, 15) is 4.79 Å². The summed E-state index contributed by atoms with van der Waals surface area (Å²) in [6, 6.07) is 0.0993. The van der Waals surface area contributed by atoms with Crippen LogP contribution in [-0.4, -0.2) is 53.3 Å². The van der Waals surface area contributed by atoms with Gasteiger partial charge in [-0.1, -0.05) is 18.3 Å². The molecule has 6 nitrogen and oxygen atoms in total. The van der Waals surface area contributed by atoms with Crippen LogP contribution in [0.1, 0.15) is 30.1 Å². The highest BCUT2D eigenvalue weighted by Gasteiger charge is 2.27. The maximum atomic E-state index is 12.2. The zero-order valence-corrected chi connectivity index (χ0v) is 11.5. The second-order valence-electron chi connectivity index (χ2n) is 4.26. The Morgan fingerprint density at radius 2 is 2.44 bits per heavy atom. The lowest BCUT2D eigenvalue weighted by Gasteiger charge is -2.32. The van der Waals surface area contributed by atoms with Gasteiger partial charge >= 0.3 is 0 Å². The summed E-state index contributed by atoms with van der Waals surface area (Å²) < 4.78 is 5.32. The van der Waals surface area contributed by atoms with Crippen LogP contribution in [0.15, 0.2) is 0 Å². The molecular weight excluding hydrogens is 252 g/mol. The van der Waals surface area contributed by atoms with Gasteiger partial charge in [-0.15, -0.1) is 10.2 Å². The van der Waals surface area contributed by atoms with Crippen LogP contribution in [0.5, 0.6) is 0 Å². The minimum atomic E-state index is -0.0483. The first-order chi connectivity index (χ1) is 8.72. The Kier molecular flexibility index (Phi) is 4.48. The molecule has 1 aliphatic heterocycles. The number of rotatable bonds is 4. The number of ether oxygens (including phenoxy) is 1. The van der Waals surface area contributed by atoms with Crippen molar-refractivity contribution in [3.05, 3.63) is 5.01 Å². The van der Waals surface area contributed by atoms with Crippen molar-refractivity contribution in [3.8, 4) is 0 Å². The summed E-state index contributed by atoms with van der Waals surface area (Å²) in [6.45, 7) is 6.71. The average Bonchev–Trinajstić information content (AvgIpc) is 2.85. The number of morpholine rings is 1. The fraction of sp³-hybridized carbons (Fsp3) is 0.727. The summed E-state index contributed by atoms with van der Waals surface area (Å²) in [5.74, 6) is -0.0483. The van der Waals surface area contributed by atoms with Gasteiger partial charge < -0.3 is 15.0 Å². The van der Waals surface area contributed by atoms with E-state index in [1.165, 1.54) is 11.3 Å². The molecule has 1 aromatic rings. The van der Waals surface area contributed by atoms with Crippen LogP contribution in [0, 0.1) is 0 Å². The highest BCUT2D eigenvalue weighted by atomic mass is 32.1. The standard InChI is InChI=1S/C11H18N4O2S/c1-3-4-12-11-14-13-9(18-11)10(16)15-5-6-17-7-8(15)2/h8H,3-7H2,1-2H3,(H,12,14). The van der Waals surface area contributed by atoms with Crippen LogP contribution in [0.2, 0.25) is 0 Å². The molecule has 0 aromatic carbocycles. The van der Waals surface area contributed by atoms with Crippen molar-refractivity contribution in [1.82, 2.24) is 15.1 Å². The third-order valence-corrected chi connectivity index (χ3v) is 3.63. The second kappa shape index (κ2) is 6.10. The van der Waals surface area contributed by atoms with Gasteiger partial charge in [0, 0.05) is 13.1 Å². The van der Waals surface area contributed by atoms with Crippen molar-refractivity contribution in [3.63, 3.8) is 0 Å². The number of hydrogen-bond acceptors (Lipinski definition) is 6. The SMILES string of the molecule is CCCNc1nnc(C(=O)N2CCOCC2C)s1. The quantitative estimate of drug-likeness (QED) is 0.891. The first-order valence-corrected chi connectivity index (χ1v) is 7.00. The number of nitrogens with zero attached hydrogens (tertiary/aromatic N) is 3. The largest absolute Gasteiger partial charge is 0.377 e. The molecule has 0 aliphatic carbocycles. The monoisotopic (exact) mass is 270 g/mol. The van der Waals surface area contributed by atoms with E-state index < -0.39 is 0 Å². The van der Waals surface area contributed by atoms with Crippen molar-refractivity contribution in [2.45, 2.75) is 26.3 Å². The molecule has 18 heavy (non-hydrogen) atoms. The highest BCUT2D eigenvalue weighted by molar-refractivity contribution is 7.17. The lowest BCUT2D eigenvalue weighted by atomic mass is 10.2. The maximum absolute atomic E-state index is 12.2. The molecule has 1 N–H and O–H groups in total. The van der Waals surface area contributed by atoms with E-state index in [1.807, 2.05) is 6.92 Å². The first-order valence-electron chi connectivity index (χ1n) is 6.18. The topological polar surface area (TPSA) is 67.4 Å². The number of aromatic nitrogens is 2. The van der Waals surface area contributed by atoms with E-state index in [4.69, 9.17) is 4.74 Å². The van der Waals surface area contributed by atoms with Gasteiger partial charge in [0.25, 0.3) is 5.91 Å². The van der Waals surface area contributed by atoms with Gasteiger partial charge in [-0.25, -0.2) is 0 Å². The van der Waals surface area contributed by atoms with E-state index in [0.717, 1.165) is 13.0 Å². The summed E-state index contributed by atoms with van der Waals surface area (Å²) in [7, 11) is 0. The van der Waals surface area contributed by atoms with Gasteiger partial charge in [-0.2, -0.15) is 0 Å². The van der Waals surface area contributed by atoms with Gasteiger partial charge in [0.1, 0.15) is 0 Å². The predicted octanol–water partition coefficient (Wildman–Crippen LogP) is 1.22. The van der Waals surface area contributed by atoms with Crippen LogP contribution in [0.25, 0.3) is 0 Å². The smallest absolute Gasteiger partial charge is 0.285 e. The zero-order chi connectivity index (χ0) is 13.0. The molecule has 1 aromatic heterocycles. The molecule has 1 aliphatic rings. The van der Waals surface area contributed by atoms with Crippen LogP contribution in [0.3, 0.4) is 0 Å². The van der Waals surface area contributed by atoms with Gasteiger partial charge in [-0.3, -0.25) is 4.79 Å². The number of nitrogens with one attached hydrogen (secondary N) is 1. The van der Waals surface area contributed by atoms with Crippen LogP contribution in [-0.2, 0) is 4.74 Å². The number of hydrogen-bond donors (Lipinski definition) is 1. The van der Waals surface area contributed by atoms with Gasteiger partial charge in [0.2, 0.25) is 10.1 Å². The summed E-state index contributed by atoms with van der Waals surface area (Å²) in [5, 5.41) is 12.2. The van der Waals surface area contributed by atoms with E-state index in [0.29, 0.717) is 29.9 Å². The fourth-order valence-electron chi connectivity index (χ4n) is 1.76. The summed E-state index contributed by atoms with van der Waals surface area (Å²) >= 11 is 1.31. The van der Waals surface area contributed by atoms with E-state index in [1.54, 1.807) is 4.90 Å². The minimum Gasteiger partial charge on any atom is -0.377 e. The second-order valence-corrected chi connectivity index (χ2v) is 5.24. The van der Waals surface area contributed by atoms with Crippen molar-refractivity contribution < 1.29 is 9.53 Å². The lowest BCUT2D eigenvalue weighted by Crippen LogP contribution is -2.47. The Morgan fingerprint density at radius 1 is 1.61 bits per heavy atom. The molecule has 0 saturated carbocycles. The minimum absolute atomic E-state index is 0.0483. The van der Waals surface area contributed by atoms with Crippen molar-refractivity contribution in [2.24, 2.45) is 0 Å². The highest BCUT2D eigenvalue weighted by Crippen LogP contribution is 2.19. The molecule has 1 amide bonds. The number of carbonyl (C=O) groups excluding carboxylic acids is 1. The molecule has 1 atom stereocenters. The Labute approximate surface area is 110 Å². The molecule has 2 rings (SSSR count). The molecule has 0 bridgehead atoms. The van der Waals surface area contributed by atoms with Crippen molar-refractivity contribution in [2.75, 3.05) is 31.6 Å². The van der Waals surface area contributed by atoms with Gasteiger partial charge in [-0.05, 0) is 13.3 Å². The number of amides is 1. The number of carbonyl (C=O) groups is 1. The molecule has 1 saturated heterocycles.